The van der Waals surface area contributed by atoms with Crippen LogP contribution in [0.3, 0.4) is 0 Å². The van der Waals surface area contributed by atoms with E-state index in [2.05, 4.69) is 10.3 Å². The van der Waals surface area contributed by atoms with Gasteiger partial charge in [-0.2, -0.15) is 0 Å². The van der Waals surface area contributed by atoms with Gasteiger partial charge in [0.05, 0.1) is 0 Å². The predicted octanol–water partition coefficient (Wildman–Crippen LogP) is 4.44. The molecule has 3 aromatic rings. The maximum Gasteiger partial charge on any atom is 0.263 e. The van der Waals surface area contributed by atoms with E-state index in [1.807, 2.05) is 30.5 Å². The van der Waals surface area contributed by atoms with Crippen molar-refractivity contribution in [3.8, 4) is 0 Å². The van der Waals surface area contributed by atoms with Gasteiger partial charge < -0.3 is 14.9 Å². The van der Waals surface area contributed by atoms with Gasteiger partial charge in [-0.25, -0.2) is 8.78 Å². The van der Waals surface area contributed by atoms with Crippen LogP contribution < -0.4 is 10.9 Å². The molecule has 1 aliphatic rings. The minimum absolute atomic E-state index is 0.0247. The summed E-state index contributed by atoms with van der Waals surface area (Å²) in [6.07, 6.45) is 4.81. The van der Waals surface area contributed by atoms with Gasteiger partial charge in [-0.15, -0.1) is 0 Å². The Morgan fingerprint density at radius 2 is 1.97 bits per heavy atom. The number of hydrogen-bond donors (Lipinski definition) is 2. The number of aryl methyl sites for hydroxylation is 3. The van der Waals surface area contributed by atoms with Crippen molar-refractivity contribution in [1.82, 2.24) is 14.9 Å². The van der Waals surface area contributed by atoms with Crippen LogP contribution in [0.4, 0.5) is 8.78 Å². The Balaban J connectivity index is 1.43. The van der Waals surface area contributed by atoms with E-state index in [1.54, 1.807) is 23.8 Å². The molecule has 1 saturated carbocycles. The lowest BCUT2D eigenvalue weighted by Crippen LogP contribution is -2.38. The third-order valence-electron chi connectivity index (χ3n) is 6.29. The zero-order chi connectivity index (χ0) is 22.0. The van der Waals surface area contributed by atoms with E-state index in [0.29, 0.717) is 37.9 Å². The van der Waals surface area contributed by atoms with Crippen LogP contribution in [-0.4, -0.2) is 27.9 Å². The molecule has 0 atom stereocenters. The fourth-order valence-electron chi connectivity index (χ4n) is 4.33. The highest BCUT2D eigenvalue weighted by molar-refractivity contribution is 5.95. The van der Waals surface area contributed by atoms with Crippen LogP contribution in [0.15, 0.2) is 47.5 Å². The van der Waals surface area contributed by atoms with Gasteiger partial charge in [-0.05, 0) is 55.4 Å². The summed E-state index contributed by atoms with van der Waals surface area (Å²) >= 11 is 0. The Kier molecular flexibility index (Phi) is 5.94. The summed E-state index contributed by atoms with van der Waals surface area (Å²) in [6, 6.07) is 9.77. The molecule has 0 spiro atoms. The fraction of sp³-hybridized carbons (Fsp3) is 0.417. The number of nitrogens with zero attached hydrogens (tertiary/aromatic N) is 1. The number of carbonyl (C=O) groups excluding carboxylic acids is 1. The second-order valence-electron chi connectivity index (χ2n) is 8.49. The summed E-state index contributed by atoms with van der Waals surface area (Å²) in [5.41, 5.74) is 2.58. The third-order valence-corrected chi connectivity index (χ3v) is 6.29. The molecule has 2 N–H and O–H groups in total. The maximum absolute atomic E-state index is 13.3. The summed E-state index contributed by atoms with van der Waals surface area (Å²) in [6.45, 7) is 2.51. The van der Waals surface area contributed by atoms with E-state index in [-0.39, 0.29) is 29.9 Å². The first-order valence-electron chi connectivity index (χ1n) is 10.7. The maximum atomic E-state index is 13.3. The molecule has 164 valence electrons. The number of fused-ring (bicyclic) bond motifs is 1. The standard InChI is InChI=1S/C24H27F2N3O2/c1-16-8-12-29(13-9-18-15-27-20-5-3-2-4-19(18)20)23(31)21(16)22(30)28-14-17-6-10-24(25,26)11-7-17/h2-5,8,12,15,17,27H,6-7,9-11,13-14H2,1H3,(H,28,30). The number of hydrogen-bond acceptors (Lipinski definition) is 2. The van der Waals surface area contributed by atoms with Gasteiger partial charge in [0.25, 0.3) is 11.5 Å². The summed E-state index contributed by atoms with van der Waals surface area (Å²) in [4.78, 5) is 29.0. The number of benzene rings is 1. The highest BCUT2D eigenvalue weighted by Gasteiger charge is 2.34. The largest absolute Gasteiger partial charge is 0.361 e. The van der Waals surface area contributed by atoms with Crippen molar-refractivity contribution < 1.29 is 13.6 Å². The zero-order valence-electron chi connectivity index (χ0n) is 17.6. The second-order valence-corrected chi connectivity index (χ2v) is 8.49. The average Bonchev–Trinajstić information content (AvgIpc) is 3.16. The SMILES string of the molecule is Cc1ccn(CCc2c[nH]c3ccccc23)c(=O)c1C(=O)NCC1CCC(F)(F)CC1. The van der Waals surface area contributed by atoms with Crippen LogP contribution in [-0.2, 0) is 13.0 Å². The first kappa shape index (κ1) is 21.3. The Morgan fingerprint density at radius 1 is 1.23 bits per heavy atom. The Bertz CT molecular complexity index is 1140. The van der Waals surface area contributed by atoms with Gasteiger partial charge in [-0.3, -0.25) is 9.59 Å². The Morgan fingerprint density at radius 3 is 2.74 bits per heavy atom. The molecule has 7 heteroatoms. The van der Waals surface area contributed by atoms with E-state index in [9.17, 15) is 18.4 Å². The Hall–Kier alpha value is -2.96. The van der Waals surface area contributed by atoms with E-state index in [1.165, 1.54) is 0 Å². The predicted molar refractivity (Wildman–Crippen MR) is 117 cm³/mol. The van der Waals surface area contributed by atoms with Crippen LogP contribution in [0.2, 0.25) is 0 Å². The van der Waals surface area contributed by atoms with E-state index in [4.69, 9.17) is 0 Å². The number of H-pyrrole nitrogens is 1. The first-order chi connectivity index (χ1) is 14.8. The van der Waals surface area contributed by atoms with Crippen molar-refractivity contribution in [1.29, 1.82) is 0 Å². The van der Waals surface area contributed by atoms with Gasteiger partial charge in [0.2, 0.25) is 5.92 Å². The van der Waals surface area contributed by atoms with Crippen LogP contribution >= 0.6 is 0 Å². The van der Waals surface area contributed by atoms with Crippen molar-refractivity contribution >= 4 is 16.8 Å². The summed E-state index contributed by atoms with van der Waals surface area (Å²) < 4.78 is 28.2. The number of aromatic nitrogens is 2. The molecule has 0 aliphatic heterocycles. The van der Waals surface area contributed by atoms with Gasteiger partial charge in [0.15, 0.2) is 0 Å². The molecular weight excluding hydrogens is 400 g/mol. The number of amides is 1. The van der Waals surface area contributed by atoms with Gasteiger partial charge >= 0.3 is 0 Å². The number of alkyl halides is 2. The van der Waals surface area contributed by atoms with Crippen LogP contribution in [0.1, 0.15) is 47.2 Å². The molecule has 0 bridgehead atoms. The number of aromatic amines is 1. The summed E-state index contributed by atoms with van der Waals surface area (Å²) in [7, 11) is 0. The normalized spacial score (nSPS) is 16.5. The number of para-hydroxylation sites is 1. The lowest BCUT2D eigenvalue weighted by Gasteiger charge is -2.28. The molecule has 0 unspecified atom stereocenters. The summed E-state index contributed by atoms with van der Waals surface area (Å²) in [5.74, 6) is -2.99. The van der Waals surface area contributed by atoms with Gasteiger partial charge in [0.1, 0.15) is 5.56 Å². The van der Waals surface area contributed by atoms with Gasteiger partial charge in [-0.1, -0.05) is 18.2 Å². The molecule has 2 heterocycles. The third kappa shape index (κ3) is 4.70. The molecule has 1 fully saturated rings. The van der Waals surface area contributed by atoms with Crippen LogP contribution in [0.25, 0.3) is 10.9 Å². The lowest BCUT2D eigenvalue weighted by atomic mass is 9.87. The fourth-order valence-corrected chi connectivity index (χ4v) is 4.33. The smallest absolute Gasteiger partial charge is 0.263 e. The molecule has 1 aromatic carbocycles. The molecule has 31 heavy (non-hydrogen) atoms. The highest BCUT2D eigenvalue weighted by Crippen LogP contribution is 2.35. The molecular formula is C24H27F2N3O2. The Labute approximate surface area is 179 Å². The summed E-state index contributed by atoms with van der Waals surface area (Å²) in [5, 5.41) is 3.92. The monoisotopic (exact) mass is 427 g/mol. The van der Waals surface area contributed by atoms with Crippen molar-refractivity contribution in [2.24, 2.45) is 5.92 Å². The van der Waals surface area contributed by atoms with Crippen molar-refractivity contribution in [2.75, 3.05) is 6.54 Å². The van der Waals surface area contributed by atoms with E-state index in [0.717, 1.165) is 16.5 Å². The topological polar surface area (TPSA) is 66.9 Å². The minimum atomic E-state index is -2.59. The molecule has 5 nitrogen and oxygen atoms in total. The molecule has 1 aliphatic carbocycles. The van der Waals surface area contributed by atoms with E-state index >= 15 is 0 Å². The molecule has 0 saturated heterocycles. The van der Waals surface area contributed by atoms with Crippen LogP contribution in [0, 0.1) is 12.8 Å². The van der Waals surface area contributed by atoms with Crippen molar-refractivity contribution in [2.45, 2.75) is 51.5 Å². The van der Waals surface area contributed by atoms with E-state index < -0.39 is 11.8 Å². The number of nitrogens with one attached hydrogen (secondary N) is 2. The van der Waals surface area contributed by atoms with Crippen molar-refractivity contribution in [3.05, 3.63) is 69.8 Å². The number of pyridine rings is 1. The quantitative estimate of drug-likeness (QED) is 0.611. The number of rotatable bonds is 6. The number of halogens is 2. The number of carbonyl (C=O) groups is 1. The molecule has 0 radical (unpaired) electrons. The molecule has 1 amide bonds. The second kappa shape index (κ2) is 8.65. The molecule has 2 aromatic heterocycles. The highest BCUT2D eigenvalue weighted by atomic mass is 19.3. The average molecular weight is 427 g/mol. The van der Waals surface area contributed by atoms with Crippen molar-refractivity contribution in [3.63, 3.8) is 0 Å². The molecule has 4 rings (SSSR count). The minimum Gasteiger partial charge on any atom is -0.361 e. The zero-order valence-corrected chi connectivity index (χ0v) is 17.6. The first-order valence-corrected chi connectivity index (χ1v) is 10.7. The van der Waals surface area contributed by atoms with Gasteiger partial charge in [0, 0.05) is 49.2 Å². The van der Waals surface area contributed by atoms with Crippen LogP contribution in [0.5, 0.6) is 0 Å². The lowest BCUT2D eigenvalue weighted by molar-refractivity contribution is -0.0452.